The highest BCUT2D eigenvalue weighted by atomic mass is 16.8. The summed E-state index contributed by atoms with van der Waals surface area (Å²) in [6, 6.07) is 10.5. The predicted octanol–water partition coefficient (Wildman–Crippen LogP) is 2.08. The lowest BCUT2D eigenvalue weighted by molar-refractivity contribution is -0.0113. The van der Waals surface area contributed by atoms with Gasteiger partial charge in [-0.3, -0.25) is 0 Å². The molecule has 0 saturated heterocycles. The molecule has 0 atom stereocenters. The first-order valence-corrected chi connectivity index (χ1v) is 4.76. The van der Waals surface area contributed by atoms with Crippen LogP contribution in [0.3, 0.4) is 0 Å². The Labute approximate surface area is 86.4 Å². The van der Waals surface area contributed by atoms with Gasteiger partial charge in [-0.05, 0) is 11.5 Å². The van der Waals surface area contributed by atoms with Gasteiger partial charge < -0.3 is 0 Å². The molecular formula is C11H20N2O. The standard InChI is InChI=1S/C9H12.C2H8N2O/c1-8(2)9-6-4-3-5-7-9;1-3-5-4-2/h3-8H,1-2H3;3-4H,1-2H3. The molecule has 0 fully saturated rings. The summed E-state index contributed by atoms with van der Waals surface area (Å²) in [6.45, 7) is 4.41. The molecule has 0 bridgehead atoms. The third-order valence-electron chi connectivity index (χ3n) is 1.67. The van der Waals surface area contributed by atoms with Crippen LogP contribution >= 0.6 is 0 Å². The summed E-state index contributed by atoms with van der Waals surface area (Å²) in [5, 5.41) is 0. The summed E-state index contributed by atoms with van der Waals surface area (Å²) < 4.78 is 0. The fraction of sp³-hybridized carbons (Fsp3) is 0.455. The molecule has 0 aliphatic rings. The van der Waals surface area contributed by atoms with Crippen LogP contribution in [0.4, 0.5) is 0 Å². The molecule has 3 heteroatoms. The van der Waals surface area contributed by atoms with Crippen LogP contribution in [0.2, 0.25) is 0 Å². The monoisotopic (exact) mass is 196 g/mol. The van der Waals surface area contributed by atoms with Crippen LogP contribution in [0.1, 0.15) is 25.3 Å². The van der Waals surface area contributed by atoms with Gasteiger partial charge in [0.15, 0.2) is 0 Å². The highest BCUT2D eigenvalue weighted by Gasteiger charge is 1.93. The Balaban J connectivity index is 0.000000292. The number of rotatable bonds is 3. The molecule has 1 aromatic carbocycles. The van der Waals surface area contributed by atoms with Crippen molar-refractivity contribution in [2.45, 2.75) is 19.8 Å². The highest BCUT2D eigenvalue weighted by Crippen LogP contribution is 2.11. The molecule has 0 spiro atoms. The molecule has 0 radical (unpaired) electrons. The molecule has 0 saturated carbocycles. The summed E-state index contributed by atoms with van der Waals surface area (Å²) in [5.74, 6) is 0.659. The number of hydrogen-bond donors (Lipinski definition) is 2. The third-order valence-corrected chi connectivity index (χ3v) is 1.67. The average Bonchev–Trinajstić information content (AvgIpc) is 2.21. The highest BCUT2D eigenvalue weighted by molar-refractivity contribution is 5.17. The van der Waals surface area contributed by atoms with Crippen LogP contribution in [0.5, 0.6) is 0 Å². The molecule has 0 heterocycles. The Kier molecular flexibility index (Phi) is 8.13. The van der Waals surface area contributed by atoms with Gasteiger partial charge in [0.1, 0.15) is 0 Å². The smallest absolute Gasteiger partial charge is 0.0114 e. The Morgan fingerprint density at radius 1 is 1.00 bits per heavy atom. The Bertz CT molecular complexity index is 210. The normalized spacial score (nSPS) is 9.50. The number of hydroxylamine groups is 2. The second kappa shape index (κ2) is 8.69. The SMILES string of the molecule is CC(C)c1ccccc1.CNONC. The summed E-state index contributed by atoms with van der Waals surface area (Å²) in [7, 11) is 3.35. The minimum absolute atomic E-state index is 0.659. The van der Waals surface area contributed by atoms with E-state index >= 15 is 0 Å². The molecule has 1 rings (SSSR count). The quantitative estimate of drug-likeness (QED) is 0.726. The molecule has 3 nitrogen and oxygen atoms in total. The van der Waals surface area contributed by atoms with Crippen molar-refractivity contribution in [1.82, 2.24) is 11.0 Å². The minimum atomic E-state index is 0.659. The van der Waals surface area contributed by atoms with Gasteiger partial charge >= 0.3 is 0 Å². The van der Waals surface area contributed by atoms with E-state index in [1.54, 1.807) is 14.1 Å². The zero-order chi connectivity index (χ0) is 10.8. The van der Waals surface area contributed by atoms with E-state index in [4.69, 9.17) is 0 Å². The van der Waals surface area contributed by atoms with Gasteiger partial charge in [0.2, 0.25) is 0 Å². The van der Waals surface area contributed by atoms with Gasteiger partial charge in [0.25, 0.3) is 0 Å². The maximum atomic E-state index is 4.33. The number of hydrogen-bond acceptors (Lipinski definition) is 3. The third kappa shape index (κ3) is 6.60. The van der Waals surface area contributed by atoms with Crippen LogP contribution < -0.4 is 11.0 Å². The first kappa shape index (κ1) is 13.1. The Hall–Kier alpha value is -0.900. The zero-order valence-electron chi connectivity index (χ0n) is 9.37. The van der Waals surface area contributed by atoms with Crippen LogP contribution in [-0.4, -0.2) is 14.1 Å². The van der Waals surface area contributed by atoms with Crippen molar-refractivity contribution in [2.75, 3.05) is 14.1 Å². The van der Waals surface area contributed by atoms with E-state index in [0.717, 1.165) is 0 Å². The lowest BCUT2D eigenvalue weighted by atomic mass is 10.0. The first-order valence-electron chi connectivity index (χ1n) is 4.76. The Morgan fingerprint density at radius 3 is 1.71 bits per heavy atom. The lowest BCUT2D eigenvalue weighted by Crippen LogP contribution is -2.17. The van der Waals surface area contributed by atoms with E-state index in [1.807, 2.05) is 6.07 Å². The van der Waals surface area contributed by atoms with Gasteiger partial charge in [-0.25, -0.2) is 4.94 Å². The molecule has 0 aliphatic carbocycles. The summed E-state index contributed by atoms with van der Waals surface area (Å²) in [5.41, 5.74) is 6.23. The van der Waals surface area contributed by atoms with Gasteiger partial charge in [-0.2, -0.15) is 11.0 Å². The van der Waals surface area contributed by atoms with Crippen molar-refractivity contribution in [3.63, 3.8) is 0 Å². The molecule has 14 heavy (non-hydrogen) atoms. The van der Waals surface area contributed by atoms with Gasteiger partial charge in [-0.15, -0.1) is 0 Å². The first-order chi connectivity index (χ1) is 6.72. The van der Waals surface area contributed by atoms with Crippen molar-refractivity contribution in [2.24, 2.45) is 0 Å². The van der Waals surface area contributed by atoms with Crippen LogP contribution in [0, 0.1) is 0 Å². The molecular weight excluding hydrogens is 176 g/mol. The van der Waals surface area contributed by atoms with E-state index in [2.05, 4.69) is 54.0 Å². The summed E-state index contributed by atoms with van der Waals surface area (Å²) in [4.78, 5) is 4.33. The average molecular weight is 196 g/mol. The molecule has 2 N–H and O–H groups in total. The van der Waals surface area contributed by atoms with E-state index < -0.39 is 0 Å². The Morgan fingerprint density at radius 2 is 1.50 bits per heavy atom. The molecule has 0 aromatic heterocycles. The van der Waals surface area contributed by atoms with E-state index in [9.17, 15) is 0 Å². The number of nitrogens with one attached hydrogen (secondary N) is 2. The topological polar surface area (TPSA) is 33.3 Å². The van der Waals surface area contributed by atoms with E-state index in [1.165, 1.54) is 5.56 Å². The largest absolute Gasteiger partial charge is 0.215 e. The predicted molar refractivity (Wildman–Crippen MR) is 59.7 cm³/mol. The van der Waals surface area contributed by atoms with Gasteiger partial charge in [0.05, 0.1) is 0 Å². The molecule has 1 aromatic rings. The van der Waals surface area contributed by atoms with Crippen molar-refractivity contribution < 1.29 is 4.94 Å². The fourth-order valence-electron chi connectivity index (χ4n) is 0.940. The van der Waals surface area contributed by atoms with Crippen molar-refractivity contribution in [3.8, 4) is 0 Å². The van der Waals surface area contributed by atoms with Crippen molar-refractivity contribution >= 4 is 0 Å². The van der Waals surface area contributed by atoms with E-state index in [0.29, 0.717) is 5.92 Å². The number of benzene rings is 1. The minimum Gasteiger partial charge on any atom is -0.215 e. The maximum Gasteiger partial charge on any atom is 0.0114 e. The maximum absolute atomic E-state index is 4.33. The van der Waals surface area contributed by atoms with Crippen LogP contribution in [-0.2, 0) is 4.94 Å². The fourth-order valence-corrected chi connectivity index (χ4v) is 0.940. The summed E-state index contributed by atoms with van der Waals surface area (Å²) in [6.07, 6.45) is 0. The van der Waals surface area contributed by atoms with Crippen molar-refractivity contribution in [3.05, 3.63) is 35.9 Å². The molecule has 80 valence electrons. The molecule has 0 amide bonds. The summed E-state index contributed by atoms with van der Waals surface area (Å²) >= 11 is 0. The van der Waals surface area contributed by atoms with E-state index in [-0.39, 0.29) is 0 Å². The van der Waals surface area contributed by atoms with Gasteiger partial charge in [0, 0.05) is 14.1 Å². The second-order valence-corrected chi connectivity index (χ2v) is 3.08. The lowest BCUT2D eigenvalue weighted by Gasteiger charge is -2.01. The van der Waals surface area contributed by atoms with Crippen molar-refractivity contribution in [1.29, 1.82) is 0 Å². The molecule has 0 unspecified atom stereocenters. The van der Waals surface area contributed by atoms with Gasteiger partial charge in [-0.1, -0.05) is 44.2 Å². The van der Waals surface area contributed by atoms with Crippen LogP contribution in [0.25, 0.3) is 0 Å². The molecule has 0 aliphatic heterocycles. The van der Waals surface area contributed by atoms with Crippen LogP contribution in [0.15, 0.2) is 30.3 Å². The zero-order valence-corrected chi connectivity index (χ0v) is 9.37. The second-order valence-electron chi connectivity index (χ2n) is 3.08.